The largest absolute Gasteiger partial charge is 0.505 e. The normalized spacial score (nSPS) is 12.1. The van der Waals surface area contributed by atoms with Crippen molar-refractivity contribution in [3.05, 3.63) is 92.1 Å². The van der Waals surface area contributed by atoms with Crippen LogP contribution in [0.4, 0.5) is 5.82 Å². The number of pyridine rings is 2. The summed E-state index contributed by atoms with van der Waals surface area (Å²) < 4.78 is 0. The second-order valence-electron chi connectivity index (χ2n) is 6.28. The molecule has 2 heterocycles. The van der Waals surface area contributed by atoms with Crippen molar-refractivity contribution in [3.8, 4) is 5.75 Å². The molecule has 2 aromatic heterocycles. The molecule has 0 saturated heterocycles. The van der Waals surface area contributed by atoms with Crippen LogP contribution in [0.5, 0.6) is 5.75 Å². The zero-order valence-electron chi connectivity index (χ0n) is 14.7. The minimum absolute atomic E-state index is 0.0294. The Morgan fingerprint density at radius 2 is 1.69 bits per heavy atom. The fraction of sp³-hybridized carbons (Fsp3) is 0.0476. The summed E-state index contributed by atoms with van der Waals surface area (Å²) in [6.07, 6.45) is 3.10. The van der Waals surface area contributed by atoms with Crippen LogP contribution >= 0.6 is 46.4 Å². The van der Waals surface area contributed by atoms with Crippen LogP contribution in [0.1, 0.15) is 17.2 Å². The Balaban J connectivity index is 1.91. The van der Waals surface area contributed by atoms with Gasteiger partial charge in [-0.1, -0.05) is 76.7 Å². The van der Waals surface area contributed by atoms with Crippen LogP contribution in [0.25, 0.3) is 10.9 Å². The highest BCUT2D eigenvalue weighted by atomic mass is 35.5. The number of aromatic hydroxyl groups is 1. The van der Waals surface area contributed by atoms with Crippen LogP contribution in [-0.4, -0.2) is 15.1 Å². The van der Waals surface area contributed by atoms with Crippen LogP contribution in [-0.2, 0) is 0 Å². The number of hydrogen-bond acceptors (Lipinski definition) is 4. The van der Waals surface area contributed by atoms with Gasteiger partial charge in [0.15, 0.2) is 0 Å². The Hall–Kier alpha value is -2.24. The zero-order valence-corrected chi connectivity index (χ0v) is 17.7. The molecule has 0 fully saturated rings. The van der Waals surface area contributed by atoms with E-state index in [2.05, 4.69) is 15.3 Å². The molecule has 0 aliphatic rings. The maximum atomic E-state index is 11.0. The maximum Gasteiger partial charge on any atom is 0.147 e. The third-order valence-electron chi connectivity index (χ3n) is 4.47. The molecule has 4 aromatic rings. The van der Waals surface area contributed by atoms with Crippen molar-refractivity contribution < 1.29 is 5.11 Å². The van der Waals surface area contributed by atoms with Gasteiger partial charge in [-0.15, -0.1) is 0 Å². The molecule has 0 bridgehead atoms. The number of aromatic nitrogens is 2. The molecule has 0 aliphatic carbocycles. The fourth-order valence-corrected chi connectivity index (χ4v) is 3.95. The van der Waals surface area contributed by atoms with Gasteiger partial charge >= 0.3 is 0 Å². The molecule has 4 rings (SSSR count). The lowest BCUT2D eigenvalue weighted by atomic mass is 9.96. The van der Waals surface area contributed by atoms with Crippen molar-refractivity contribution in [2.24, 2.45) is 0 Å². The predicted octanol–water partition coefficient (Wildman–Crippen LogP) is 7.15. The van der Waals surface area contributed by atoms with Gasteiger partial charge in [-0.3, -0.25) is 4.98 Å². The predicted molar refractivity (Wildman–Crippen MR) is 120 cm³/mol. The van der Waals surface area contributed by atoms with Crippen LogP contribution in [0.15, 0.2) is 60.9 Å². The fourth-order valence-electron chi connectivity index (χ4n) is 3.10. The third kappa shape index (κ3) is 3.94. The quantitative estimate of drug-likeness (QED) is 0.336. The molecular formula is C21H13Cl4N3O. The first kappa shape index (κ1) is 20.0. The van der Waals surface area contributed by atoms with Gasteiger partial charge < -0.3 is 10.4 Å². The number of anilines is 1. The van der Waals surface area contributed by atoms with E-state index in [0.717, 1.165) is 5.39 Å². The number of nitrogens with zero attached hydrogens (tertiary/aromatic N) is 2. The number of hydrogen-bond donors (Lipinski definition) is 2. The molecule has 1 atom stereocenters. The Bertz CT molecular complexity index is 1220. The lowest BCUT2D eigenvalue weighted by Gasteiger charge is -2.23. The van der Waals surface area contributed by atoms with Crippen molar-refractivity contribution in [1.82, 2.24) is 9.97 Å². The minimum atomic E-state index is -0.598. The molecule has 0 amide bonds. The molecule has 0 spiro atoms. The van der Waals surface area contributed by atoms with E-state index in [-0.39, 0.29) is 5.75 Å². The van der Waals surface area contributed by atoms with Crippen LogP contribution < -0.4 is 5.32 Å². The highest BCUT2D eigenvalue weighted by Crippen LogP contribution is 2.41. The molecule has 0 radical (unpaired) electrons. The van der Waals surface area contributed by atoms with Crippen molar-refractivity contribution in [2.45, 2.75) is 6.04 Å². The van der Waals surface area contributed by atoms with Crippen molar-refractivity contribution in [3.63, 3.8) is 0 Å². The monoisotopic (exact) mass is 463 g/mol. The highest BCUT2D eigenvalue weighted by Gasteiger charge is 2.24. The molecule has 0 aliphatic heterocycles. The van der Waals surface area contributed by atoms with E-state index in [1.165, 1.54) is 6.20 Å². The topological polar surface area (TPSA) is 58.0 Å². The Kier molecular flexibility index (Phi) is 5.70. The molecule has 2 aromatic carbocycles. The summed E-state index contributed by atoms with van der Waals surface area (Å²) in [5.74, 6) is 0.416. The van der Waals surface area contributed by atoms with Crippen molar-refractivity contribution in [1.29, 1.82) is 0 Å². The average molecular weight is 465 g/mol. The number of phenolic OH excluding ortho intramolecular Hbond substituents is 1. The lowest BCUT2D eigenvalue weighted by Crippen LogP contribution is -2.15. The zero-order chi connectivity index (χ0) is 20.5. The molecule has 8 heteroatoms. The Labute approximate surface area is 187 Å². The summed E-state index contributed by atoms with van der Waals surface area (Å²) in [4.78, 5) is 8.56. The molecule has 2 N–H and O–H groups in total. The molecule has 29 heavy (non-hydrogen) atoms. The second kappa shape index (κ2) is 8.25. The van der Waals surface area contributed by atoms with E-state index < -0.39 is 6.04 Å². The van der Waals surface area contributed by atoms with Crippen molar-refractivity contribution in [2.75, 3.05) is 5.32 Å². The van der Waals surface area contributed by atoms with Gasteiger partial charge in [0.2, 0.25) is 0 Å². The molecule has 1 unspecified atom stereocenters. The average Bonchev–Trinajstić information content (AvgIpc) is 2.71. The first-order valence-corrected chi connectivity index (χ1v) is 10.0. The summed E-state index contributed by atoms with van der Waals surface area (Å²) in [5, 5.41) is 16.5. The van der Waals surface area contributed by atoms with Crippen LogP contribution in [0.3, 0.4) is 0 Å². The van der Waals surface area contributed by atoms with Gasteiger partial charge in [0.25, 0.3) is 0 Å². The number of benzene rings is 2. The number of rotatable bonds is 4. The number of fused-ring (bicyclic) bond motifs is 1. The van der Waals surface area contributed by atoms with E-state index in [4.69, 9.17) is 46.4 Å². The third-order valence-corrected chi connectivity index (χ3v) is 5.80. The van der Waals surface area contributed by atoms with E-state index in [0.29, 0.717) is 42.6 Å². The Morgan fingerprint density at radius 3 is 2.48 bits per heavy atom. The SMILES string of the molecule is Oc1c(C(Nc2ncc(Cl)cc2Cl)c2cccc(Cl)c2Cl)ccc2cccnc12. The number of halogens is 4. The van der Waals surface area contributed by atoms with Gasteiger partial charge in [-0.05, 0) is 23.8 Å². The first-order valence-electron chi connectivity index (χ1n) is 8.54. The summed E-state index contributed by atoms with van der Waals surface area (Å²) in [6.45, 7) is 0. The van der Waals surface area contributed by atoms with Gasteiger partial charge in [-0.25, -0.2) is 4.98 Å². The van der Waals surface area contributed by atoms with Gasteiger partial charge in [0, 0.05) is 23.3 Å². The Morgan fingerprint density at radius 1 is 0.862 bits per heavy atom. The second-order valence-corrected chi connectivity index (χ2v) is 7.91. The standard InChI is InChI=1S/C21H13Cl4N3O/c22-12-9-16(24)21(27-10-12)28-19(13-4-1-5-15(23)17(13)25)14-7-6-11-3-2-8-26-18(11)20(14)29/h1-10,19,29H,(H,27,28). The summed E-state index contributed by atoms with van der Waals surface area (Å²) in [5.41, 5.74) is 1.68. The highest BCUT2D eigenvalue weighted by molar-refractivity contribution is 6.42. The summed E-state index contributed by atoms with van der Waals surface area (Å²) in [7, 11) is 0. The molecule has 0 saturated carbocycles. The van der Waals surface area contributed by atoms with E-state index in [1.807, 2.05) is 24.3 Å². The smallest absolute Gasteiger partial charge is 0.147 e. The molecule has 4 nitrogen and oxygen atoms in total. The van der Waals surface area contributed by atoms with E-state index in [9.17, 15) is 5.11 Å². The van der Waals surface area contributed by atoms with E-state index in [1.54, 1.807) is 30.5 Å². The van der Waals surface area contributed by atoms with Gasteiger partial charge in [0.1, 0.15) is 17.1 Å². The van der Waals surface area contributed by atoms with Crippen LogP contribution in [0, 0.1) is 0 Å². The van der Waals surface area contributed by atoms with Crippen LogP contribution in [0.2, 0.25) is 20.1 Å². The number of phenols is 1. The lowest BCUT2D eigenvalue weighted by molar-refractivity contribution is 0.471. The van der Waals surface area contributed by atoms with E-state index >= 15 is 0 Å². The maximum absolute atomic E-state index is 11.0. The number of nitrogens with one attached hydrogen (secondary N) is 1. The molecule has 146 valence electrons. The first-order chi connectivity index (χ1) is 14.0. The van der Waals surface area contributed by atoms with Gasteiger partial charge in [-0.2, -0.15) is 0 Å². The summed E-state index contributed by atoms with van der Waals surface area (Å²) >= 11 is 25.0. The van der Waals surface area contributed by atoms with Gasteiger partial charge in [0.05, 0.1) is 26.1 Å². The van der Waals surface area contributed by atoms with Crippen molar-refractivity contribution >= 4 is 63.1 Å². The molecular weight excluding hydrogens is 452 g/mol. The summed E-state index contributed by atoms with van der Waals surface area (Å²) in [6, 6.07) is 13.6. The minimum Gasteiger partial charge on any atom is -0.505 e.